The molecule has 1 aromatic heterocycles. The zero-order valence-electron chi connectivity index (χ0n) is 9.97. The molecule has 1 rings (SSSR count). The minimum absolute atomic E-state index is 0.0167. The van der Waals surface area contributed by atoms with Gasteiger partial charge in [-0.15, -0.1) is 5.10 Å². The highest BCUT2D eigenvalue weighted by atomic mass is 32.2. The maximum atomic E-state index is 11.1. The van der Waals surface area contributed by atoms with Crippen molar-refractivity contribution in [2.24, 2.45) is 5.14 Å². The number of sulfonamides is 1. The Balaban J connectivity index is 2.96. The molecular weight excluding hydrogens is 260 g/mol. The first-order valence-corrected chi connectivity index (χ1v) is 6.75. The third kappa shape index (κ3) is 3.64. The Hall–Kier alpha value is -1.74. The van der Waals surface area contributed by atoms with E-state index in [0.717, 1.165) is 0 Å². The molecule has 8 nitrogen and oxygen atoms in total. The molecule has 0 radical (unpaired) electrons. The van der Waals surface area contributed by atoms with Crippen LogP contribution in [0.15, 0.2) is 0 Å². The van der Waals surface area contributed by atoms with Gasteiger partial charge in [0, 0.05) is 6.54 Å². The highest BCUT2D eigenvalue weighted by Crippen LogP contribution is 2.17. The standard InChI is InChI=1S/C9H14N4O4S/c1-5-6(2)12-13-8(7(5)9(14)15)11-3-4-18(10,16)17/h3-4H2,1-2H3,(H,11,13)(H,14,15)(H2,10,16,17). The van der Waals surface area contributed by atoms with Crippen molar-refractivity contribution in [1.82, 2.24) is 10.2 Å². The molecule has 100 valence electrons. The second kappa shape index (κ2) is 5.27. The van der Waals surface area contributed by atoms with Crippen molar-refractivity contribution in [2.75, 3.05) is 17.6 Å². The van der Waals surface area contributed by atoms with Crippen LogP contribution in [0, 0.1) is 13.8 Å². The molecule has 0 bridgehead atoms. The van der Waals surface area contributed by atoms with E-state index in [1.165, 1.54) is 0 Å². The summed E-state index contributed by atoms with van der Waals surface area (Å²) in [4.78, 5) is 11.1. The summed E-state index contributed by atoms with van der Waals surface area (Å²) >= 11 is 0. The van der Waals surface area contributed by atoms with E-state index in [4.69, 9.17) is 10.2 Å². The molecule has 0 saturated heterocycles. The molecule has 18 heavy (non-hydrogen) atoms. The number of aryl methyl sites for hydroxylation is 1. The monoisotopic (exact) mass is 274 g/mol. The van der Waals surface area contributed by atoms with Gasteiger partial charge in [-0.25, -0.2) is 18.4 Å². The van der Waals surface area contributed by atoms with Crippen LogP contribution < -0.4 is 10.5 Å². The summed E-state index contributed by atoms with van der Waals surface area (Å²) in [5.41, 5.74) is 0.969. The second-order valence-electron chi connectivity index (χ2n) is 3.73. The van der Waals surface area contributed by atoms with Crippen LogP contribution in [-0.2, 0) is 10.0 Å². The van der Waals surface area contributed by atoms with Gasteiger partial charge in [-0.2, -0.15) is 5.10 Å². The third-order valence-corrected chi connectivity index (χ3v) is 3.12. The van der Waals surface area contributed by atoms with E-state index in [2.05, 4.69) is 15.5 Å². The lowest BCUT2D eigenvalue weighted by Crippen LogP contribution is -2.23. The summed E-state index contributed by atoms with van der Waals surface area (Å²) in [5, 5.41) is 24.0. The molecule has 0 saturated carbocycles. The van der Waals surface area contributed by atoms with E-state index in [9.17, 15) is 13.2 Å². The van der Waals surface area contributed by atoms with Gasteiger partial charge >= 0.3 is 5.97 Å². The minimum atomic E-state index is -3.60. The number of hydrogen-bond acceptors (Lipinski definition) is 6. The van der Waals surface area contributed by atoms with E-state index >= 15 is 0 Å². The van der Waals surface area contributed by atoms with Gasteiger partial charge in [0.25, 0.3) is 0 Å². The number of aromatic nitrogens is 2. The maximum Gasteiger partial charge on any atom is 0.339 e. The van der Waals surface area contributed by atoms with Crippen molar-refractivity contribution in [3.8, 4) is 0 Å². The molecule has 0 atom stereocenters. The summed E-state index contributed by atoms with van der Waals surface area (Å²) in [6, 6.07) is 0. The van der Waals surface area contributed by atoms with Crippen LogP contribution in [0.1, 0.15) is 21.6 Å². The number of carboxylic acids is 1. The Morgan fingerprint density at radius 3 is 2.50 bits per heavy atom. The average molecular weight is 274 g/mol. The fourth-order valence-corrected chi connectivity index (χ4v) is 1.69. The number of primary sulfonamides is 1. The predicted octanol–water partition coefficient (Wildman–Crippen LogP) is -0.508. The maximum absolute atomic E-state index is 11.1. The zero-order valence-corrected chi connectivity index (χ0v) is 10.8. The summed E-state index contributed by atoms with van der Waals surface area (Å²) in [7, 11) is -3.60. The number of nitrogens with one attached hydrogen (secondary N) is 1. The van der Waals surface area contributed by atoms with Gasteiger partial charge in [0.05, 0.1) is 11.4 Å². The van der Waals surface area contributed by atoms with Crippen LogP contribution in [0.5, 0.6) is 0 Å². The van der Waals surface area contributed by atoms with Crippen LogP contribution in [0.25, 0.3) is 0 Å². The summed E-state index contributed by atoms with van der Waals surface area (Å²) < 4.78 is 21.5. The van der Waals surface area contributed by atoms with Gasteiger partial charge in [-0.1, -0.05) is 0 Å². The fourth-order valence-electron chi connectivity index (χ4n) is 1.31. The lowest BCUT2D eigenvalue weighted by Gasteiger charge is -2.10. The smallest absolute Gasteiger partial charge is 0.339 e. The van der Waals surface area contributed by atoms with Crippen LogP contribution in [-0.4, -0.2) is 42.0 Å². The van der Waals surface area contributed by atoms with Crippen molar-refractivity contribution in [3.05, 3.63) is 16.8 Å². The fraction of sp³-hybridized carbons (Fsp3) is 0.444. The van der Waals surface area contributed by atoms with Gasteiger partial charge in [0.15, 0.2) is 5.82 Å². The first-order valence-electron chi connectivity index (χ1n) is 5.04. The molecule has 0 spiro atoms. The van der Waals surface area contributed by atoms with Crippen LogP contribution in [0.2, 0.25) is 0 Å². The topological polar surface area (TPSA) is 135 Å². The number of carbonyl (C=O) groups is 1. The molecule has 1 heterocycles. The van der Waals surface area contributed by atoms with Gasteiger partial charge in [0.1, 0.15) is 5.56 Å². The Kier molecular flexibility index (Phi) is 4.19. The Bertz CT molecular complexity index is 570. The van der Waals surface area contributed by atoms with Gasteiger partial charge in [0.2, 0.25) is 10.0 Å². The Labute approximate surface area is 104 Å². The Morgan fingerprint density at radius 2 is 2.00 bits per heavy atom. The second-order valence-corrected chi connectivity index (χ2v) is 5.47. The first-order chi connectivity index (χ1) is 8.22. The normalized spacial score (nSPS) is 11.3. The van der Waals surface area contributed by atoms with E-state index in [0.29, 0.717) is 11.3 Å². The van der Waals surface area contributed by atoms with E-state index < -0.39 is 16.0 Å². The summed E-state index contributed by atoms with van der Waals surface area (Å²) in [5.74, 6) is -1.43. The molecule has 0 amide bonds. The van der Waals surface area contributed by atoms with Gasteiger partial charge in [-0.05, 0) is 19.4 Å². The van der Waals surface area contributed by atoms with E-state index in [1.807, 2.05) is 0 Å². The molecule has 0 fully saturated rings. The van der Waals surface area contributed by atoms with Gasteiger partial charge < -0.3 is 10.4 Å². The van der Waals surface area contributed by atoms with E-state index in [-0.39, 0.29) is 23.7 Å². The first kappa shape index (κ1) is 14.3. The molecule has 0 aliphatic heterocycles. The third-order valence-electron chi connectivity index (χ3n) is 2.35. The number of nitrogens with zero attached hydrogens (tertiary/aromatic N) is 2. The van der Waals surface area contributed by atoms with Crippen LogP contribution >= 0.6 is 0 Å². The summed E-state index contributed by atoms with van der Waals surface area (Å²) in [6.07, 6.45) is 0. The lowest BCUT2D eigenvalue weighted by atomic mass is 10.1. The predicted molar refractivity (Wildman–Crippen MR) is 64.9 cm³/mol. The lowest BCUT2D eigenvalue weighted by molar-refractivity contribution is 0.0696. The number of aromatic carboxylic acids is 1. The number of rotatable bonds is 5. The highest BCUT2D eigenvalue weighted by molar-refractivity contribution is 7.89. The van der Waals surface area contributed by atoms with Crippen molar-refractivity contribution in [3.63, 3.8) is 0 Å². The number of carboxylic acid groups (broad SMARTS) is 1. The van der Waals surface area contributed by atoms with Crippen molar-refractivity contribution in [1.29, 1.82) is 0 Å². The molecule has 9 heteroatoms. The van der Waals surface area contributed by atoms with Gasteiger partial charge in [-0.3, -0.25) is 0 Å². The molecule has 0 aliphatic carbocycles. The molecule has 1 aromatic rings. The molecular formula is C9H14N4O4S. The van der Waals surface area contributed by atoms with Crippen molar-refractivity contribution >= 4 is 21.8 Å². The average Bonchev–Trinajstić information content (AvgIpc) is 2.21. The van der Waals surface area contributed by atoms with Crippen LogP contribution in [0.3, 0.4) is 0 Å². The molecule has 0 unspecified atom stereocenters. The minimum Gasteiger partial charge on any atom is -0.478 e. The number of hydrogen-bond donors (Lipinski definition) is 3. The van der Waals surface area contributed by atoms with Crippen molar-refractivity contribution < 1.29 is 18.3 Å². The SMILES string of the molecule is Cc1nnc(NCCS(N)(=O)=O)c(C(=O)O)c1C. The Morgan fingerprint density at radius 1 is 1.39 bits per heavy atom. The summed E-state index contributed by atoms with van der Waals surface area (Å²) in [6.45, 7) is 3.22. The largest absolute Gasteiger partial charge is 0.478 e. The molecule has 4 N–H and O–H groups in total. The quantitative estimate of drug-likeness (QED) is 0.658. The number of anilines is 1. The van der Waals surface area contributed by atoms with E-state index in [1.54, 1.807) is 13.8 Å². The molecule has 0 aromatic carbocycles. The molecule has 0 aliphatic rings. The number of nitrogens with two attached hydrogens (primary N) is 1. The highest BCUT2D eigenvalue weighted by Gasteiger charge is 2.17. The van der Waals surface area contributed by atoms with Crippen molar-refractivity contribution in [2.45, 2.75) is 13.8 Å². The van der Waals surface area contributed by atoms with Crippen LogP contribution in [0.4, 0.5) is 5.82 Å². The zero-order chi connectivity index (χ0) is 13.9.